The molecule has 0 saturated heterocycles. The molecular weight excluding hydrogens is 202 g/mol. The maximum Gasteiger partial charge on any atom is 0.336 e. The van der Waals surface area contributed by atoms with Crippen LogP contribution in [0.4, 0.5) is 5.69 Å². The lowest BCUT2D eigenvalue weighted by Gasteiger charge is -2.04. The van der Waals surface area contributed by atoms with Gasteiger partial charge in [0.2, 0.25) is 0 Å². The van der Waals surface area contributed by atoms with Gasteiger partial charge in [0.25, 0.3) is 0 Å². The summed E-state index contributed by atoms with van der Waals surface area (Å²) < 4.78 is 5.13. The zero-order chi connectivity index (χ0) is 11.5. The highest BCUT2D eigenvalue weighted by molar-refractivity contribution is 5.82. The number of fused-ring (bicyclic) bond motifs is 1. The van der Waals surface area contributed by atoms with Gasteiger partial charge >= 0.3 is 5.63 Å². The molecule has 0 bridgehead atoms. The van der Waals surface area contributed by atoms with Crippen LogP contribution >= 0.6 is 0 Å². The lowest BCUT2D eigenvalue weighted by Crippen LogP contribution is -2.01. The molecule has 1 aromatic heterocycles. The number of nitrogens with two attached hydrogens (primary N) is 1. The zero-order valence-electron chi connectivity index (χ0n) is 9.32. The fourth-order valence-electron chi connectivity index (χ4n) is 1.82. The van der Waals surface area contributed by atoms with E-state index < -0.39 is 0 Å². The summed E-state index contributed by atoms with van der Waals surface area (Å²) >= 11 is 0. The SMILES string of the molecule is CCCCc1cc(=O)oc2cc(N)ccc12. The maximum absolute atomic E-state index is 11.4. The molecule has 2 N–H and O–H groups in total. The Hall–Kier alpha value is -1.77. The lowest BCUT2D eigenvalue weighted by molar-refractivity contribution is 0.558. The van der Waals surface area contributed by atoms with E-state index in [1.165, 1.54) is 0 Å². The second-order valence-corrected chi connectivity index (χ2v) is 3.95. The highest BCUT2D eigenvalue weighted by atomic mass is 16.4. The topological polar surface area (TPSA) is 56.2 Å². The van der Waals surface area contributed by atoms with Gasteiger partial charge in [-0.05, 0) is 30.5 Å². The molecule has 0 radical (unpaired) electrons. The van der Waals surface area contributed by atoms with Crippen LogP contribution in [-0.2, 0) is 6.42 Å². The van der Waals surface area contributed by atoms with E-state index in [9.17, 15) is 4.79 Å². The molecule has 0 aliphatic heterocycles. The fraction of sp³-hybridized carbons (Fsp3) is 0.308. The molecule has 3 heteroatoms. The molecule has 2 aromatic rings. The van der Waals surface area contributed by atoms with E-state index in [0.29, 0.717) is 11.3 Å². The fourth-order valence-corrected chi connectivity index (χ4v) is 1.82. The van der Waals surface area contributed by atoms with Crippen LogP contribution in [0.3, 0.4) is 0 Å². The van der Waals surface area contributed by atoms with Crippen molar-refractivity contribution in [2.24, 2.45) is 0 Å². The molecule has 0 amide bonds. The van der Waals surface area contributed by atoms with Crippen LogP contribution in [0, 0.1) is 0 Å². The van der Waals surface area contributed by atoms with Crippen molar-refractivity contribution in [3.05, 3.63) is 40.2 Å². The minimum Gasteiger partial charge on any atom is -0.423 e. The number of nitrogen functional groups attached to an aromatic ring is 1. The first-order valence-electron chi connectivity index (χ1n) is 5.53. The molecule has 0 saturated carbocycles. The highest BCUT2D eigenvalue weighted by Gasteiger charge is 2.05. The number of unbranched alkanes of at least 4 members (excludes halogenated alkanes) is 1. The summed E-state index contributed by atoms with van der Waals surface area (Å²) in [6, 6.07) is 7.02. The molecule has 0 aliphatic rings. The van der Waals surface area contributed by atoms with Crippen molar-refractivity contribution in [3.8, 4) is 0 Å². The Morgan fingerprint density at radius 2 is 2.12 bits per heavy atom. The normalized spacial score (nSPS) is 10.8. The van der Waals surface area contributed by atoms with Crippen molar-refractivity contribution >= 4 is 16.7 Å². The van der Waals surface area contributed by atoms with Crippen molar-refractivity contribution in [2.45, 2.75) is 26.2 Å². The summed E-state index contributed by atoms with van der Waals surface area (Å²) in [5.74, 6) is 0. The Morgan fingerprint density at radius 1 is 1.31 bits per heavy atom. The van der Waals surface area contributed by atoms with Crippen LogP contribution in [0.5, 0.6) is 0 Å². The summed E-state index contributed by atoms with van der Waals surface area (Å²) in [5, 5.41) is 0.988. The molecule has 1 heterocycles. The highest BCUT2D eigenvalue weighted by Crippen LogP contribution is 2.20. The Balaban J connectivity index is 2.58. The summed E-state index contributed by atoms with van der Waals surface area (Å²) in [7, 11) is 0. The average molecular weight is 217 g/mol. The first-order chi connectivity index (χ1) is 7.70. The molecule has 3 nitrogen and oxygen atoms in total. The van der Waals surface area contributed by atoms with Crippen LogP contribution in [0.15, 0.2) is 33.5 Å². The number of benzene rings is 1. The van der Waals surface area contributed by atoms with Crippen molar-refractivity contribution in [2.75, 3.05) is 5.73 Å². The molecule has 2 rings (SSSR count). The van der Waals surface area contributed by atoms with Gasteiger partial charge in [0.05, 0.1) is 0 Å². The first kappa shape index (κ1) is 10.7. The third kappa shape index (κ3) is 2.08. The van der Waals surface area contributed by atoms with Crippen molar-refractivity contribution in [1.82, 2.24) is 0 Å². The average Bonchev–Trinajstić information content (AvgIpc) is 2.25. The van der Waals surface area contributed by atoms with Crippen LogP contribution in [-0.4, -0.2) is 0 Å². The second-order valence-electron chi connectivity index (χ2n) is 3.95. The van der Waals surface area contributed by atoms with Gasteiger partial charge in [0, 0.05) is 23.2 Å². The van der Waals surface area contributed by atoms with Crippen LogP contribution in [0.25, 0.3) is 11.0 Å². The molecule has 1 aromatic carbocycles. The van der Waals surface area contributed by atoms with E-state index in [1.54, 1.807) is 12.1 Å². The monoisotopic (exact) mass is 217 g/mol. The number of hydrogen-bond donors (Lipinski definition) is 1. The van der Waals surface area contributed by atoms with E-state index in [4.69, 9.17) is 10.2 Å². The van der Waals surface area contributed by atoms with Crippen molar-refractivity contribution in [1.29, 1.82) is 0 Å². The van der Waals surface area contributed by atoms with E-state index >= 15 is 0 Å². The predicted molar refractivity (Wildman–Crippen MR) is 65.5 cm³/mol. The van der Waals surface area contributed by atoms with Gasteiger partial charge in [0.1, 0.15) is 5.58 Å². The van der Waals surface area contributed by atoms with Gasteiger partial charge in [0.15, 0.2) is 0 Å². The Morgan fingerprint density at radius 3 is 2.88 bits per heavy atom. The Labute approximate surface area is 93.9 Å². The summed E-state index contributed by atoms with van der Waals surface area (Å²) in [4.78, 5) is 11.4. The van der Waals surface area contributed by atoms with Crippen LogP contribution < -0.4 is 11.4 Å². The smallest absolute Gasteiger partial charge is 0.336 e. The van der Waals surface area contributed by atoms with Crippen LogP contribution in [0.1, 0.15) is 25.3 Å². The van der Waals surface area contributed by atoms with Gasteiger partial charge in [-0.2, -0.15) is 0 Å². The summed E-state index contributed by atoms with van der Waals surface area (Å²) in [5.41, 5.74) is 7.61. The first-order valence-corrected chi connectivity index (χ1v) is 5.53. The molecule has 0 atom stereocenters. The van der Waals surface area contributed by atoms with Crippen molar-refractivity contribution < 1.29 is 4.42 Å². The number of rotatable bonds is 3. The van der Waals surface area contributed by atoms with E-state index in [1.807, 2.05) is 12.1 Å². The lowest BCUT2D eigenvalue weighted by atomic mass is 10.0. The molecule has 0 spiro atoms. The second kappa shape index (κ2) is 4.39. The Kier molecular flexibility index (Phi) is 2.95. The molecule has 16 heavy (non-hydrogen) atoms. The molecule has 0 unspecified atom stereocenters. The standard InChI is InChI=1S/C13H15NO2/c1-2-3-4-9-7-13(15)16-12-8-10(14)5-6-11(9)12/h5-8H,2-4,14H2,1H3. The van der Waals surface area contributed by atoms with Crippen LogP contribution in [0.2, 0.25) is 0 Å². The van der Waals surface area contributed by atoms with E-state index in [0.717, 1.165) is 30.2 Å². The van der Waals surface area contributed by atoms with E-state index in [2.05, 4.69) is 6.92 Å². The van der Waals surface area contributed by atoms with Gasteiger partial charge < -0.3 is 10.2 Å². The predicted octanol–water partition coefficient (Wildman–Crippen LogP) is 2.72. The van der Waals surface area contributed by atoms with Gasteiger partial charge in [-0.1, -0.05) is 13.3 Å². The van der Waals surface area contributed by atoms with Gasteiger partial charge in [-0.3, -0.25) is 0 Å². The number of anilines is 1. The summed E-state index contributed by atoms with van der Waals surface area (Å²) in [6.07, 6.45) is 3.09. The van der Waals surface area contributed by atoms with Crippen molar-refractivity contribution in [3.63, 3.8) is 0 Å². The summed E-state index contributed by atoms with van der Waals surface area (Å²) in [6.45, 7) is 2.13. The number of hydrogen-bond acceptors (Lipinski definition) is 3. The Bertz CT molecular complexity index is 557. The molecular formula is C13H15NO2. The zero-order valence-corrected chi connectivity index (χ0v) is 9.32. The minimum atomic E-state index is -0.302. The van der Waals surface area contributed by atoms with Gasteiger partial charge in [-0.25, -0.2) is 4.79 Å². The molecule has 0 fully saturated rings. The molecule has 0 aliphatic carbocycles. The third-order valence-corrected chi connectivity index (χ3v) is 2.65. The largest absolute Gasteiger partial charge is 0.423 e. The number of aryl methyl sites for hydroxylation is 1. The van der Waals surface area contributed by atoms with E-state index in [-0.39, 0.29) is 5.63 Å². The minimum absolute atomic E-state index is 0.302. The maximum atomic E-state index is 11.4. The molecule has 84 valence electrons. The third-order valence-electron chi connectivity index (χ3n) is 2.65. The van der Waals surface area contributed by atoms with Gasteiger partial charge in [-0.15, -0.1) is 0 Å². The quantitative estimate of drug-likeness (QED) is 0.635.